The van der Waals surface area contributed by atoms with Crippen LogP contribution in [-0.2, 0) is 17.8 Å². The van der Waals surface area contributed by atoms with Gasteiger partial charge in [0.2, 0.25) is 11.7 Å². The number of amides is 1. The minimum atomic E-state index is -0.451. The van der Waals surface area contributed by atoms with Gasteiger partial charge in [-0.1, -0.05) is 41.9 Å². The number of pyridine rings is 1. The Kier molecular flexibility index (Phi) is 5.69. The normalized spacial score (nSPS) is 11.1. The van der Waals surface area contributed by atoms with Gasteiger partial charge in [0.05, 0.1) is 5.56 Å². The Balaban J connectivity index is 1.45. The number of aromatic nitrogens is 5. The van der Waals surface area contributed by atoms with Crippen LogP contribution in [0.2, 0.25) is 5.02 Å². The monoisotopic (exact) mass is 474 g/mol. The molecule has 0 aliphatic heterocycles. The SMILES string of the molecule is CCc1ccccc1NC(=O)Cn1nc2c(-c3nc(-c4ccc(Cl)cc4)no3)cccn2c1=O. The summed E-state index contributed by atoms with van der Waals surface area (Å²) in [4.78, 5) is 30.0. The first-order valence-electron chi connectivity index (χ1n) is 10.6. The first-order chi connectivity index (χ1) is 16.5. The highest BCUT2D eigenvalue weighted by Gasteiger charge is 2.19. The number of hydrogen-bond donors (Lipinski definition) is 1. The molecule has 0 saturated carbocycles. The minimum Gasteiger partial charge on any atom is -0.333 e. The van der Waals surface area contributed by atoms with Crippen molar-refractivity contribution in [2.45, 2.75) is 19.9 Å². The van der Waals surface area contributed by atoms with E-state index in [-0.39, 0.29) is 18.3 Å². The summed E-state index contributed by atoms with van der Waals surface area (Å²) in [6.45, 7) is 1.77. The molecule has 0 aliphatic carbocycles. The van der Waals surface area contributed by atoms with E-state index in [1.807, 2.05) is 31.2 Å². The zero-order valence-electron chi connectivity index (χ0n) is 18.1. The lowest BCUT2D eigenvalue weighted by Crippen LogP contribution is -2.28. The molecule has 9 nitrogen and oxygen atoms in total. The lowest BCUT2D eigenvalue weighted by Gasteiger charge is -2.09. The van der Waals surface area contributed by atoms with Crippen molar-refractivity contribution in [3.63, 3.8) is 0 Å². The van der Waals surface area contributed by atoms with Crippen LogP contribution in [0.1, 0.15) is 12.5 Å². The molecule has 0 atom stereocenters. The maximum absolute atomic E-state index is 12.9. The van der Waals surface area contributed by atoms with Gasteiger partial charge in [0.15, 0.2) is 5.65 Å². The van der Waals surface area contributed by atoms with Crippen molar-refractivity contribution in [2.24, 2.45) is 0 Å². The Morgan fingerprint density at radius 3 is 2.68 bits per heavy atom. The van der Waals surface area contributed by atoms with E-state index in [0.717, 1.165) is 22.2 Å². The molecule has 1 amide bonds. The highest BCUT2D eigenvalue weighted by molar-refractivity contribution is 6.30. The summed E-state index contributed by atoms with van der Waals surface area (Å²) in [5.41, 5.74) is 2.79. The predicted molar refractivity (Wildman–Crippen MR) is 128 cm³/mol. The molecule has 10 heteroatoms. The van der Waals surface area contributed by atoms with Crippen molar-refractivity contribution in [2.75, 3.05) is 5.32 Å². The van der Waals surface area contributed by atoms with Crippen LogP contribution < -0.4 is 11.0 Å². The highest BCUT2D eigenvalue weighted by atomic mass is 35.5. The summed E-state index contributed by atoms with van der Waals surface area (Å²) >= 11 is 5.94. The molecule has 34 heavy (non-hydrogen) atoms. The molecule has 0 saturated heterocycles. The molecule has 3 heterocycles. The van der Waals surface area contributed by atoms with E-state index in [0.29, 0.717) is 27.7 Å². The highest BCUT2D eigenvalue weighted by Crippen LogP contribution is 2.25. The Hall–Kier alpha value is -4.24. The zero-order chi connectivity index (χ0) is 23.7. The van der Waals surface area contributed by atoms with Gasteiger partial charge in [0.25, 0.3) is 5.89 Å². The van der Waals surface area contributed by atoms with Crippen molar-refractivity contribution >= 4 is 28.8 Å². The number of carbonyl (C=O) groups is 1. The summed E-state index contributed by atoms with van der Waals surface area (Å²) in [5, 5.41) is 11.8. The number of nitrogens with zero attached hydrogens (tertiary/aromatic N) is 5. The van der Waals surface area contributed by atoms with Crippen LogP contribution in [0.15, 0.2) is 76.2 Å². The fraction of sp³-hybridized carbons (Fsp3) is 0.125. The average Bonchev–Trinajstić information content (AvgIpc) is 3.45. The van der Waals surface area contributed by atoms with Crippen LogP contribution in [0.5, 0.6) is 0 Å². The van der Waals surface area contributed by atoms with Crippen LogP contribution in [0.3, 0.4) is 0 Å². The van der Waals surface area contributed by atoms with E-state index in [1.165, 1.54) is 4.40 Å². The number of anilines is 1. The molecule has 5 rings (SSSR count). The number of carbonyl (C=O) groups excluding carboxylic acids is 1. The quantitative estimate of drug-likeness (QED) is 0.397. The Labute approximate surface area is 198 Å². The number of para-hydroxylation sites is 1. The van der Waals surface area contributed by atoms with Crippen molar-refractivity contribution in [1.29, 1.82) is 0 Å². The van der Waals surface area contributed by atoms with Gasteiger partial charge in [-0.3, -0.25) is 4.79 Å². The molecule has 5 aromatic rings. The summed E-state index contributed by atoms with van der Waals surface area (Å²) in [7, 11) is 0. The largest absolute Gasteiger partial charge is 0.350 e. The molecule has 3 aromatic heterocycles. The van der Waals surface area contributed by atoms with Crippen molar-refractivity contribution in [1.82, 2.24) is 24.3 Å². The maximum Gasteiger partial charge on any atom is 0.350 e. The van der Waals surface area contributed by atoms with E-state index < -0.39 is 5.69 Å². The van der Waals surface area contributed by atoms with Crippen LogP contribution in [0.4, 0.5) is 5.69 Å². The fourth-order valence-corrected chi connectivity index (χ4v) is 3.76. The van der Waals surface area contributed by atoms with Gasteiger partial charge in [-0.05, 0) is 54.4 Å². The van der Waals surface area contributed by atoms with Gasteiger partial charge in [-0.25, -0.2) is 13.9 Å². The third kappa shape index (κ3) is 4.08. The standard InChI is InChI=1S/C24H19ClN6O3/c1-2-15-6-3-4-8-19(15)26-20(32)14-31-24(33)30-13-5-7-18(22(30)28-31)23-27-21(29-34-23)16-9-11-17(25)12-10-16/h3-13H,2,14H2,1H3,(H,26,32). The van der Waals surface area contributed by atoms with Gasteiger partial charge in [-0.2, -0.15) is 4.98 Å². The third-order valence-electron chi connectivity index (χ3n) is 5.33. The number of aryl methyl sites for hydroxylation is 1. The fourth-order valence-electron chi connectivity index (χ4n) is 3.63. The number of hydrogen-bond acceptors (Lipinski definition) is 6. The van der Waals surface area contributed by atoms with Gasteiger partial charge >= 0.3 is 5.69 Å². The van der Waals surface area contributed by atoms with Gasteiger partial charge in [0, 0.05) is 22.5 Å². The molecule has 0 radical (unpaired) electrons. The number of fused-ring (bicyclic) bond motifs is 1. The smallest absolute Gasteiger partial charge is 0.333 e. The van der Waals surface area contributed by atoms with Crippen molar-refractivity contribution < 1.29 is 9.32 Å². The molecule has 0 aliphatic rings. The number of rotatable bonds is 6. The molecule has 1 N–H and O–H groups in total. The van der Waals surface area contributed by atoms with Crippen molar-refractivity contribution in [3.8, 4) is 22.8 Å². The number of benzene rings is 2. The Morgan fingerprint density at radius 2 is 1.88 bits per heavy atom. The second-order valence-corrected chi connectivity index (χ2v) is 7.98. The van der Waals surface area contributed by atoms with Gasteiger partial charge in [0.1, 0.15) is 6.54 Å². The third-order valence-corrected chi connectivity index (χ3v) is 5.59. The Morgan fingerprint density at radius 1 is 1.09 bits per heavy atom. The zero-order valence-corrected chi connectivity index (χ0v) is 18.9. The summed E-state index contributed by atoms with van der Waals surface area (Å²) < 4.78 is 7.89. The first-order valence-corrected chi connectivity index (χ1v) is 11.0. The molecule has 0 unspecified atom stereocenters. The van der Waals surface area contributed by atoms with Crippen LogP contribution >= 0.6 is 11.6 Å². The molecular formula is C24H19ClN6O3. The van der Waals surface area contributed by atoms with E-state index in [9.17, 15) is 9.59 Å². The first kappa shape index (κ1) is 21.6. The molecule has 0 bridgehead atoms. The van der Waals surface area contributed by atoms with Crippen LogP contribution in [0.25, 0.3) is 28.5 Å². The molecular weight excluding hydrogens is 456 g/mol. The minimum absolute atomic E-state index is 0.203. The summed E-state index contributed by atoms with van der Waals surface area (Å²) in [6.07, 6.45) is 2.35. The Bertz CT molecular complexity index is 1550. The summed E-state index contributed by atoms with van der Waals surface area (Å²) in [5.74, 6) is 0.231. The van der Waals surface area contributed by atoms with E-state index in [1.54, 1.807) is 42.6 Å². The van der Waals surface area contributed by atoms with Crippen LogP contribution in [-0.4, -0.2) is 30.2 Å². The lowest BCUT2D eigenvalue weighted by molar-refractivity contribution is -0.117. The molecule has 0 fully saturated rings. The molecule has 0 spiro atoms. The molecule has 2 aromatic carbocycles. The lowest BCUT2D eigenvalue weighted by atomic mass is 10.1. The number of nitrogens with one attached hydrogen (secondary N) is 1. The maximum atomic E-state index is 12.9. The second kappa shape index (κ2) is 8.95. The average molecular weight is 475 g/mol. The second-order valence-electron chi connectivity index (χ2n) is 7.54. The van der Waals surface area contributed by atoms with E-state index >= 15 is 0 Å². The van der Waals surface area contributed by atoms with Crippen molar-refractivity contribution in [3.05, 3.63) is 87.9 Å². The van der Waals surface area contributed by atoms with E-state index in [4.69, 9.17) is 16.1 Å². The predicted octanol–water partition coefficient (Wildman–Crippen LogP) is 4.07. The van der Waals surface area contributed by atoms with E-state index in [2.05, 4.69) is 20.6 Å². The van der Waals surface area contributed by atoms with Gasteiger partial charge in [-0.15, -0.1) is 5.10 Å². The number of halogens is 1. The van der Waals surface area contributed by atoms with Gasteiger partial charge < -0.3 is 9.84 Å². The summed E-state index contributed by atoms with van der Waals surface area (Å²) in [6, 6.07) is 18.0. The molecule has 170 valence electrons. The topological polar surface area (TPSA) is 107 Å². The van der Waals surface area contributed by atoms with Crippen LogP contribution in [0, 0.1) is 0 Å².